The van der Waals surface area contributed by atoms with Gasteiger partial charge in [0.15, 0.2) is 5.76 Å². The number of thiophene rings is 1. The van der Waals surface area contributed by atoms with Crippen LogP contribution in [-0.4, -0.2) is 36.5 Å². The van der Waals surface area contributed by atoms with E-state index in [1.807, 2.05) is 6.92 Å². The molecule has 7 heteroatoms. The molecule has 1 saturated heterocycles. The highest BCUT2D eigenvalue weighted by atomic mass is 32.1. The Morgan fingerprint density at radius 1 is 1.28 bits per heavy atom. The van der Waals surface area contributed by atoms with Crippen molar-refractivity contribution in [3.8, 4) is 0 Å². The lowest BCUT2D eigenvalue weighted by Gasteiger charge is -2.31. The Labute approximate surface area is 175 Å². The fourth-order valence-electron chi connectivity index (χ4n) is 4.28. The van der Waals surface area contributed by atoms with Gasteiger partial charge >= 0.3 is 5.97 Å². The molecule has 1 aliphatic carbocycles. The lowest BCUT2D eigenvalue weighted by molar-refractivity contribution is -0.149. The minimum atomic E-state index is -0.198. The number of furan rings is 1. The second-order valence-electron chi connectivity index (χ2n) is 7.75. The van der Waals surface area contributed by atoms with E-state index in [0.29, 0.717) is 12.4 Å². The highest BCUT2D eigenvalue weighted by molar-refractivity contribution is 7.16. The molecule has 0 bridgehead atoms. The maximum Gasteiger partial charge on any atom is 0.309 e. The maximum absolute atomic E-state index is 12.5. The zero-order valence-corrected chi connectivity index (χ0v) is 17.7. The zero-order valence-electron chi connectivity index (χ0n) is 16.9. The number of esters is 1. The minimum absolute atomic E-state index is 0.0146. The highest BCUT2D eigenvalue weighted by Crippen LogP contribution is 2.39. The average Bonchev–Trinajstić information content (AvgIpc) is 3.38. The summed E-state index contributed by atoms with van der Waals surface area (Å²) >= 11 is 1.71. The van der Waals surface area contributed by atoms with Crippen molar-refractivity contribution in [1.82, 2.24) is 4.90 Å². The summed E-state index contributed by atoms with van der Waals surface area (Å²) in [4.78, 5) is 28.4. The van der Waals surface area contributed by atoms with Gasteiger partial charge < -0.3 is 14.5 Å². The van der Waals surface area contributed by atoms with Crippen LogP contribution in [0.5, 0.6) is 0 Å². The third-order valence-corrected chi connectivity index (χ3v) is 7.09. The first kappa shape index (κ1) is 20.2. The molecule has 1 fully saturated rings. The molecule has 0 unspecified atom stereocenters. The molecule has 156 valence electrons. The summed E-state index contributed by atoms with van der Waals surface area (Å²) in [7, 11) is 0. The number of nitrogens with zero attached hydrogens (tertiary/aromatic N) is 1. The molecule has 29 heavy (non-hydrogen) atoms. The van der Waals surface area contributed by atoms with E-state index in [2.05, 4.69) is 10.2 Å². The van der Waals surface area contributed by atoms with Crippen LogP contribution in [0.4, 0.5) is 5.00 Å². The molecule has 1 amide bonds. The van der Waals surface area contributed by atoms with Gasteiger partial charge in [-0.3, -0.25) is 14.5 Å². The van der Waals surface area contributed by atoms with Crippen molar-refractivity contribution in [3.05, 3.63) is 40.2 Å². The van der Waals surface area contributed by atoms with Crippen LogP contribution < -0.4 is 5.32 Å². The molecule has 2 aromatic rings. The van der Waals surface area contributed by atoms with Crippen LogP contribution in [0.15, 0.2) is 22.8 Å². The molecule has 0 saturated carbocycles. The Hall–Kier alpha value is -2.12. The van der Waals surface area contributed by atoms with E-state index in [0.717, 1.165) is 50.3 Å². The van der Waals surface area contributed by atoms with Crippen molar-refractivity contribution in [3.63, 3.8) is 0 Å². The van der Waals surface area contributed by atoms with Crippen molar-refractivity contribution in [2.75, 3.05) is 25.0 Å². The summed E-state index contributed by atoms with van der Waals surface area (Å²) in [5.41, 5.74) is 2.67. The summed E-state index contributed by atoms with van der Waals surface area (Å²) < 4.78 is 10.4. The third kappa shape index (κ3) is 4.56. The monoisotopic (exact) mass is 416 g/mol. The van der Waals surface area contributed by atoms with E-state index >= 15 is 0 Å². The SMILES string of the molecule is CCOC(=O)C1CCN(Cc2c(NC(=O)c3ccco3)sc3c2CCCC3)CC1. The molecule has 3 heterocycles. The number of ether oxygens (including phenoxy) is 1. The van der Waals surface area contributed by atoms with Gasteiger partial charge in [-0.15, -0.1) is 11.3 Å². The lowest BCUT2D eigenvalue weighted by atomic mass is 9.93. The number of hydrogen-bond acceptors (Lipinski definition) is 6. The van der Waals surface area contributed by atoms with Crippen molar-refractivity contribution in [2.45, 2.75) is 52.0 Å². The first-order valence-corrected chi connectivity index (χ1v) is 11.3. The number of anilines is 1. The Balaban J connectivity index is 1.47. The Bertz CT molecular complexity index is 851. The van der Waals surface area contributed by atoms with Crippen LogP contribution >= 0.6 is 11.3 Å². The molecule has 1 N–H and O–H groups in total. The number of nitrogens with one attached hydrogen (secondary N) is 1. The number of rotatable bonds is 6. The van der Waals surface area contributed by atoms with Gasteiger partial charge in [-0.2, -0.15) is 0 Å². The second kappa shape index (κ2) is 9.13. The van der Waals surface area contributed by atoms with E-state index in [4.69, 9.17) is 9.15 Å². The Morgan fingerprint density at radius 2 is 2.07 bits per heavy atom. The van der Waals surface area contributed by atoms with Crippen LogP contribution in [-0.2, 0) is 28.9 Å². The standard InChI is InChI=1S/C22H28N2O4S/c1-2-27-22(26)15-9-11-24(12-10-15)14-17-16-6-3-4-8-19(16)29-21(17)23-20(25)18-7-5-13-28-18/h5,7,13,15H,2-4,6,8-12,14H2,1H3,(H,23,25). The third-order valence-electron chi connectivity index (χ3n) is 5.84. The number of likely N-dealkylation sites (tertiary alicyclic amines) is 1. The molecule has 6 nitrogen and oxygen atoms in total. The van der Waals surface area contributed by atoms with Gasteiger partial charge in [0.25, 0.3) is 5.91 Å². The van der Waals surface area contributed by atoms with Crippen molar-refractivity contribution in [2.24, 2.45) is 5.92 Å². The smallest absolute Gasteiger partial charge is 0.309 e. The van der Waals surface area contributed by atoms with Crippen LogP contribution in [0.2, 0.25) is 0 Å². The van der Waals surface area contributed by atoms with Crippen LogP contribution in [0.1, 0.15) is 59.2 Å². The number of hydrogen-bond donors (Lipinski definition) is 1. The Kier molecular flexibility index (Phi) is 6.35. The molecule has 0 spiro atoms. The molecule has 2 aromatic heterocycles. The number of carbonyl (C=O) groups is 2. The minimum Gasteiger partial charge on any atom is -0.466 e. The molecular weight excluding hydrogens is 388 g/mol. The van der Waals surface area contributed by atoms with E-state index < -0.39 is 0 Å². The molecule has 0 aromatic carbocycles. The molecule has 0 radical (unpaired) electrons. The van der Waals surface area contributed by atoms with Crippen molar-refractivity contribution >= 4 is 28.2 Å². The van der Waals surface area contributed by atoms with Gasteiger partial charge in [-0.05, 0) is 76.2 Å². The average molecular weight is 417 g/mol. The fraction of sp³-hybridized carbons (Fsp3) is 0.545. The quantitative estimate of drug-likeness (QED) is 0.713. The molecular formula is C22H28N2O4S. The number of amides is 1. The predicted octanol–water partition coefficient (Wildman–Crippen LogP) is 4.25. The number of fused-ring (bicyclic) bond motifs is 1. The molecule has 0 atom stereocenters. The second-order valence-corrected chi connectivity index (χ2v) is 8.86. The van der Waals surface area contributed by atoms with E-state index in [1.54, 1.807) is 23.5 Å². The summed E-state index contributed by atoms with van der Waals surface area (Å²) in [6, 6.07) is 3.41. The molecule has 2 aliphatic rings. The van der Waals surface area contributed by atoms with E-state index in [9.17, 15) is 9.59 Å². The predicted molar refractivity (Wildman–Crippen MR) is 112 cm³/mol. The first-order valence-electron chi connectivity index (χ1n) is 10.5. The largest absolute Gasteiger partial charge is 0.466 e. The van der Waals surface area contributed by atoms with Gasteiger partial charge in [0.2, 0.25) is 0 Å². The van der Waals surface area contributed by atoms with Gasteiger partial charge in [-0.1, -0.05) is 0 Å². The summed E-state index contributed by atoms with van der Waals surface area (Å²) in [6.45, 7) is 4.86. The number of carbonyl (C=O) groups excluding carboxylic acids is 2. The van der Waals surface area contributed by atoms with Crippen LogP contribution in [0.25, 0.3) is 0 Å². The molecule has 4 rings (SSSR count). The first-order chi connectivity index (χ1) is 14.2. The van der Waals surface area contributed by atoms with Gasteiger partial charge in [-0.25, -0.2) is 0 Å². The van der Waals surface area contributed by atoms with Crippen LogP contribution in [0, 0.1) is 5.92 Å². The maximum atomic E-state index is 12.5. The molecule has 1 aliphatic heterocycles. The zero-order chi connectivity index (χ0) is 20.2. The highest BCUT2D eigenvalue weighted by Gasteiger charge is 2.29. The van der Waals surface area contributed by atoms with E-state index in [1.165, 1.54) is 35.1 Å². The summed E-state index contributed by atoms with van der Waals surface area (Å²) in [5.74, 6) is 0.0839. The van der Waals surface area contributed by atoms with Gasteiger partial charge in [0.05, 0.1) is 18.8 Å². The number of piperidine rings is 1. The van der Waals surface area contributed by atoms with Crippen molar-refractivity contribution < 1.29 is 18.7 Å². The topological polar surface area (TPSA) is 71.8 Å². The van der Waals surface area contributed by atoms with Crippen LogP contribution in [0.3, 0.4) is 0 Å². The number of aryl methyl sites for hydroxylation is 1. The van der Waals surface area contributed by atoms with Gasteiger partial charge in [0.1, 0.15) is 5.00 Å². The Morgan fingerprint density at radius 3 is 2.79 bits per heavy atom. The summed E-state index contributed by atoms with van der Waals surface area (Å²) in [5, 5.41) is 4.04. The van der Waals surface area contributed by atoms with E-state index in [-0.39, 0.29) is 17.8 Å². The fourth-order valence-corrected chi connectivity index (χ4v) is 5.58. The normalized spacial score (nSPS) is 17.7. The van der Waals surface area contributed by atoms with Crippen molar-refractivity contribution in [1.29, 1.82) is 0 Å². The summed E-state index contributed by atoms with van der Waals surface area (Å²) in [6.07, 6.45) is 7.77. The lowest BCUT2D eigenvalue weighted by Crippen LogP contribution is -2.36. The van der Waals surface area contributed by atoms with Gasteiger partial charge in [0, 0.05) is 17.0 Å².